The summed E-state index contributed by atoms with van der Waals surface area (Å²) in [4.78, 5) is 15.0. The Morgan fingerprint density at radius 1 is 0.617 bits per heavy atom. The Labute approximate surface area is 353 Å². The first kappa shape index (κ1) is 41.2. The third kappa shape index (κ3) is 9.02. The molecule has 0 atom stereocenters. The number of hydrogen-bond acceptors (Lipinski definition) is 6. The van der Waals surface area contributed by atoms with Gasteiger partial charge in [-0.15, -0.1) is 0 Å². The lowest BCUT2D eigenvalue weighted by atomic mass is 9.77. The Hall–Kier alpha value is -6.97. The van der Waals surface area contributed by atoms with Crippen molar-refractivity contribution in [2.75, 3.05) is 18.4 Å². The van der Waals surface area contributed by atoms with Crippen LogP contribution in [0, 0.1) is 5.41 Å². The molecule has 0 saturated heterocycles. The van der Waals surface area contributed by atoms with Crippen LogP contribution >= 0.6 is 0 Å². The fourth-order valence-electron chi connectivity index (χ4n) is 7.92. The molecule has 9 heteroatoms. The number of nitrogens with one attached hydrogen (secondary N) is 4. The van der Waals surface area contributed by atoms with Crippen LogP contribution in [0.5, 0.6) is 0 Å². The molecule has 7 aromatic rings. The van der Waals surface area contributed by atoms with Crippen LogP contribution in [0.3, 0.4) is 0 Å². The summed E-state index contributed by atoms with van der Waals surface area (Å²) in [5.74, 6) is 0.674. The van der Waals surface area contributed by atoms with E-state index in [0.29, 0.717) is 13.1 Å². The standard InChI is InChI=1S/C51H53N7O2/c1-49(2,3)60-48(59)55-47(52)58(36-35-53-50(40-23-11-5-12-24-40,41-25-13-6-14-26-41)42-27-15-7-16-28-42)38-39-37-54-57(4)46(39)56-51(43-29-17-8-18-30-43,44-31-19-9-20-32-44)45-33-21-10-22-34-45/h5-34,37,53,56H,35-36,38H2,1-4H3,(H2,52,55,59). The van der Waals surface area contributed by atoms with Crippen molar-refractivity contribution in [3.63, 3.8) is 0 Å². The van der Waals surface area contributed by atoms with Gasteiger partial charge in [-0.2, -0.15) is 5.10 Å². The molecule has 7 rings (SSSR count). The summed E-state index contributed by atoms with van der Waals surface area (Å²) >= 11 is 0. The van der Waals surface area contributed by atoms with Gasteiger partial charge in [0, 0.05) is 25.7 Å². The summed E-state index contributed by atoms with van der Waals surface area (Å²) < 4.78 is 7.46. The van der Waals surface area contributed by atoms with Crippen LogP contribution in [-0.2, 0) is 29.4 Å². The van der Waals surface area contributed by atoms with Crippen molar-refractivity contribution in [1.29, 1.82) is 5.41 Å². The van der Waals surface area contributed by atoms with E-state index < -0.39 is 22.8 Å². The van der Waals surface area contributed by atoms with E-state index in [-0.39, 0.29) is 12.5 Å². The van der Waals surface area contributed by atoms with E-state index >= 15 is 0 Å². The Kier molecular flexibility index (Phi) is 12.6. The van der Waals surface area contributed by atoms with Crippen molar-refractivity contribution >= 4 is 17.9 Å². The fourth-order valence-corrected chi connectivity index (χ4v) is 7.92. The molecule has 0 unspecified atom stereocenters. The Balaban J connectivity index is 1.28. The average Bonchev–Trinajstić information content (AvgIpc) is 3.62. The zero-order valence-corrected chi connectivity index (χ0v) is 34.7. The zero-order valence-electron chi connectivity index (χ0n) is 34.7. The topological polar surface area (TPSA) is 107 Å². The number of alkyl carbamates (subject to hydrolysis) is 1. The van der Waals surface area contributed by atoms with Crippen molar-refractivity contribution in [2.45, 2.75) is 44.0 Å². The summed E-state index contributed by atoms with van der Waals surface area (Å²) in [5, 5.41) is 24.8. The van der Waals surface area contributed by atoms with Crippen molar-refractivity contribution in [3.8, 4) is 0 Å². The largest absolute Gasteiger partial charge is 0.444 e. The number of benzene rings is 6. The number of nitrogens with zero attached hydrogens (tertiary/aromatic N) is 3. The fraction of sp³-hybridized carbons (Fsp3) is 0.196. The van der Waals surface area contributed by atoms with Gasteiger partial charge in [-0.25, -0.2) is 4.79 Å². The highest BCUT2D eigenvalue weighted by Crippen LogP contribution is 2.41. The molecule has 0 spiro atoms. The summed E-state index contributed by atoms with van der Waals surface area (Å²) in [6.07, 6.45) is 1.13. The lowest BCUT2D eigenvalue weighted by Gasteiger charge is -2.39. The van der Waals surface area contributed by atoms with Crippen molar-refractivity contribution in [2.24, 2.45) is 7.05 Å². The highest BCUT2D eigenvalue weighted by molar-refractivity contribution is 5.92. The number of anilines is 1. The van der Waals surface area contributed by atoms with E-state index in [9.17, 15) is 10.2 Å². The number of aryl methyl sites for hydroxylation is 1. The summed E-state index contributed by atoms with van der Waals surface area (Å²) in [5.41, 5.74) is 4.93. The highest BCUT2D eigenvalue weighted by atomic mass is 16.6. The lowest BCUT2D eigenvalue weighted by molar-refractivity contribution is 0.0555. The second-order valence-electron chi connectivity index (χ2n) is 15.8. The number of amides is 1. The zero-order chi connectivity index (χ0) is 42.0. The van der Waals surface area contributed by atoms with Gasteiger partial charge in [-0.1, -0.05) is 182 Å². The van der Waals surface area contributed by atoms with E-state index in [1.807, 2.05) is 59.2 Å². The molecule has 9 nitrogen and oxygen atoms in total. The Bertz CT molecular complexity index is 2240. The number of hydrogen-bond donors (Lipinski definition) is 4. The van der Waals surface area contributed by atoms with Gasteiger partial charge in [-0.05, 0) is 54.2 Å². The van der Waals surface area contributed by atoms with Gasteiger partial charge in [0.05, 0.1) is 18.3 Å². The second-order valence-corrected chi connectivity index (χ2v) is 15.8. The average molecular weight is 796 g/mol. The van der Waals surface area contributed by atoms with Crippen LogP contribution in [0.4, 0.5) is 10.6 Å². The van der Waals surface area contributed by atoms with Crippen molar-refractivity contribution in [1.82, 2.24) is 25.3 Å². The molecule has 1 heterocycles. The van der Waals surface area contributed by atoms with Gasteiger partial charge >= 0.3 is 6.09 Å². The maximum atomic E-state index is 13.2. The molecule has 0 aliphatic heterocycles. The number of ether oxygens (including phenoxy) is 1. The number of guanidine groups is 1. The Morgan fingerprint density at radius 3 is 1.35 bits per heavy atom. The molecule has 0 bridgehead atoms. The van der Waals surface area contributed by atoms with Crippen LogP contribution in [0.15, 0.2) is 188 Å². The van der Waals surface area contributed by atoms with Crippen LogP contribution in [0.1, 0.15) is 59.7 Å². The van der Waals surface area contributed by atoms with Gasteiger partial charge in [-0.3, -0.25) is 20.7 Å². The molecule has 0 saturated carbocycles. The molecule has 304 valence electrons. The molecule has 6 aromatic carbocycles. The monoisotopic (exact) mass is 795 g/mol. The molecule has 1 aromatic heterocycles. The predicted octanol–water partition coefficient (Wildman–Crippen LogP) is 9.67. The minimum Gasteiger partial charge on any atom is -0.444 e. The number of aromatic nitrogens is 2. The van der Waals surface area contributed by atoms with Gasteiger partial charge in [0.2, 0.25) is 5.96 Å². The van der Waals surface area contributed by atoms with Crippen molar-refractivity contribution in [3.05, 3.63) is 227 Å². The molecule has 0 radical (unpaired) electrons. The number of rotatable bonds is 14. The first-order valence-electron chi connectivity index (χ1n) is 20.3. The van der Waals surface area contributed by atoms with Gasteiger partial charge in [0.15, 0.2) is 0 Å². The van der Waals surface area contributed by atoms with Crippen molar-refractivity contribution < 1.29 is 9.53 Å². The minimum atomic E-state index is -0.818. The quantitative estimate of drug-likeness (QED) is 0.0497. The number of carbonyl (C=O) groups excluding carboxylic acids is 1. The lowest BCUT2D eigenvalue weighted by Crippen LogP contribution is -2.50. The normalized spacial score (nSPS) is 11.7. The van der Waals surface area contributed by atoms with Crippen LogP contribution in [0.25, 0.3) is 0 Å². The molecule has 1 amide bonds. The van der Waals surface area contributed by atoms with Crippen LogP contribution in [0.2, 0.25) is 0 Å². The summed E-state index contributed by atoms with van der Waals surface area (Å²) in [6, 6.07) is 62.5. The van der Waals surface area contributed by atoms with Crippen LogP contribution < -0.4 is 16.0 Å². The first-order valence-corrected chi connectivity index (χ1v) is 20.3. The van der Waals surface area contributed by atoms with E-state index in [2.05, 4.69) is 162 Å². The van der Waals surface area contributed by atoms with E-state index in [4.69, 9.17) is 9.84 Å². The minimum absolute atomic E-state index is 0.0916. The summed E-state index contributed by atoms with van der Waals surface area (Å²) in [7, 11) is 1.92. The first-order chi connectivity index (χ1) is 29.1. The van der Waals surface area contributed by atoms with E-state index in [0.717, 1.165) is 44.8 Å². The smallest absolute Gasteiger partial charge is 0.414 e. The maximum absolute atomic E-state index is 13.2. The van der Waals surface area contributed by atoms with Gasteiger partial charge < -0.3 is 15.0 Å². The Morgan fingerprint density at radius 2 is 0.983 bits per heavy atom. The molecular weight excluding hydrogens is 743 g/mol. The molecule has 4 N–H and O–H groups in total. The third-order valence-electron chi connectivity index (χ3n) is 10.6. The molecule has 0 aliphatic carbocycles. The molecule has 60 heavy (non-hydrogen) atoms. The van der Waals surface area contributed by atoms with E-state index in [1.165, 1.54) is 0 Å². The van der Waals surface area contributed by atoms with Crippen LogP contribution in [-0.4, -0.2) is 45.4 Å². The SMILES string of the molecule is Cn1ncc(CN(CCNC(c2ccccc2)(c2ccccc2)c2ccccc2)C(=N)NC(=O)OC(C)(C)C)c1NC(c1ccccc1)(c1ccccc1)c1ccccc1. The summed E-state index contributed by atoms with van der Waals surface area (Å²) in [6.45, 7) is 6.44. The van der Waals surface area contributed by atoms with E-state index in [1.54, 1.807) is 20.8 Å². The van der Waals surface area contributed by atoms with Gasteiger partial charge in [0.1, 0.15) is 17.0 Å². The maximum Gasteiger partial charge on any atom is 0.414 e. The molecule has 0 fully saturated rings. The highest BCUT2D eigenvalue weighted by Gasteiger charge is 2.39. The molecular formula is C51H53N7O2. The second kappa shape index (κ2) is 18.3. The predicted molar refractivity (Wildman–Crippen MR) is 241 cm³/mol. The third-order valence-corrected chi connectivity index (χ3v) is 10.6. The van der Waals surface area contributed by atoms with Gasteiger partial charge in [0.25, 0.3) is 0 Å². The molecule has 0 aliphatic rings. The number of carbonyl (C=O) groups is 1.